The van der Waals surface area contributed by atoms with Gasteiger partial charge in [0.2, 0.25) is 0 Å². The van der Waals surface area contributed by atoms with Gasteiger partial charge in [0.25, 0.3) is 0 Å². The zero-order valence-electron chi connectivity index (χ0n) is 14.0. The van der Waals surface area contributed by atoms with E-state index in [0.717, 1.165) is 44.3 Å². The van der Waals surface area contributed by atoms with Crippen LogP contribution < -0.4 is 10.6 Å². The minimum Gasteiger partial charge on any atom is -0.469 e. The number of furan rings is 1. The summed E-state index contributed by atoms with van der Waals surface area (Å²) in [6.45, 7) is 3.55. The van der Waals surface area contributed by atoms with E-state index in [2.05, 4.69) is 51.8 Å². The summed E-state index contributed by atoms with van der Waals surface area (Å²) in [5.41, 5.74) is 1.33. The lowest BCUT2D eigenvalue weighted by Crippen LogP contribution is -2.41. The molecule has 0 bridgehead atoms. The third kappa shape index (κ3) is 6.57. The first-order valence-electron chi connectivity index (χ1n) is 7.97. The molecular weight excluding hydrogens is 288 g/mol. The Morgan fingerprint density at radius 2 is 1.87 bits per heavy atom. The van der Waals surface area contributed by atoms with Gasteiger partial charge in [-0.3, -0.25) is 4.99 Å². The molecule has 0 atom stereocenters. The van der Waals surface area contributed by atoms with E-state index in [9.17, 15) is 0 Å². The second kappa shape index (κ2) is 9.69. The molecule has 0 amide bonds. The summed E-state index contributed by atoms with van der Waals surface area (Å²) in [4.78, 5) is 6.52. The zero-order valence-corrected chi connectivity index (χ0v) is 14.0. The lowest BCUT2D eigenvalue weighted by molar-refractivity contribution is 0.331. The first-order valence-corrected chi connectivity index (χ1v) is 7.97. The number of hydrogen-bond donors (Lipinski definition) is 2. The highest BCUT2D eigenvalue weighted by Gasteiger charge is 2.02. The van der Waals surface area contributed by atoms with E-state index < -0.39 is 0 Å². The number of nitrogens with zero attached hydrogens (tertiary/aromatic N) is 2. The van der Waals surface area contributed by atoms with Crippen LogP contribution in [0.1, 0.15) is 11.3 Å². The van der Waals surface area contributed by atoms with Crippen molar-refractivity contribution in [1.29, 1.82) is 0 Å². The van der Waals surface area contributed by atoms with Crippen molar-refractivity contribution < 1.29 is 4.42 Å². The summed E-state index contributed by atoms with van der Waals surface area (Å²) in [7, 11) is 3.91. The molecule has 0 fully saturated rings. The Morgan fingerprint density at radius 3 is 2.57 bits per heavy atom. The van der Waals surface area contributed by atoms with Crippen molar-refractivity contribution in [2.75, 3.05) is 33.7 Å². The fourth-order valence-electron chi connectivity index (χ4n) is 2.32. The van der Waals surface area contributed by atoms with Gasteiger partial charge in [-0.2, -0.15) is 0 Å². The fourth-order valence-corrected chi connectivity index (χ4v) is 2.32. The van der Waals surface area contributed by atoms with Crippen LogP contribution in [0.15, 0.2) is 58.1 Å². The normalized spacial score (nSPS) is 11.7. The maximum absolute atomic E-state index is 5.31. The molecule has 2 N–H and O–H groups in total. The first-order chi connectivity index (χ1) is 11.3. The molecule has 0 spiro atoms. The van der Waals surface area contributed by atoms with Crippen molar-refractivity contribution in [2.24, 2.45) is 4.99 Å². The van der Waals surface area contributed by atoms with Gasteiger partial charge in [-0.1, -0.05) is 30.3 Å². The summed E-state index contributed by atoms with van der Waals surface area (Å²) in [6, 6.07) is 14.4. The van der Waals surface area contributed by atoms with Crippen LogP contribution in [0.5, 0.6) is 0 Å². The van der Waals surface area contributed by atoms with Crippen LogP contribution in [-0.4, -0.2) is 44.6 Å². The third-order valence-electron chi connectivity index (χ3n) is 3.55. The Kier molecular flexibility index (Phi) is 7.20. The number of nitrogens with one attached hydrogen (secondary N) is 2. The first kappa shape index (κ1) is 17.1. The molecule has 0 saturated carbocycles. The number of rotatable bonds is 8. The van der Waals surface area contributed by atoms with E-state index >= 15 is 0 Å². The van der Waals surface area contributed by atoms with Crippen LogP contribution in [0.2, 0.25) is 0 Å². The molecular formula is C18H26N4O. The monoisotopic (exact) mass is 314 g/mol. The Bertz CT molecular complexity index is 566. The topological polar surface area (TPSA) is 52.8 Å². The van der Waals surface area contributed by atoms with Crippen LogP contribution in [0.25, 0.3) is 0 Å². The molecule has 2 aromatic rings. The Morgan fingerprint density at radius 1 is 1.09 bits per heavy atom. The van der Waals surface area contributed by atoms with E-state index in [1.54, 1.807) is 13.3 Å². The fraction of sp³-hybridized carbons (Fsp3) is 0.389. The van der Waals surface area contributed by atoms with Crippen molar-refractivity contribution >= 4 is 5.96 Å². The van der Waals surface area contributed by atoms with E-state index in [-0.39, 0.29) is 0 Å². The summed E-state index contributed by atoms with van der Waals surface area (Å²) in [5.74, 6) is 1.81. The molecule has 1 aromatic carbocycles. The van der Waals surface area contributed by atoms with Crippen molar-refractivity contribution in [2.45, 2.75) is 13.0 Å². The lowest BCUT2D eigenvalue weighted by Gasteiger charge is -2.18. The molecule has 0 saturated heterocycles. The van der Waals surface area contributed by atoms with Crippen molar-refractivity contribution in [3.63, 3.8) is 0 Å². The number of guanidine groups is 1. The average Bonchev–Trinajstić information content (AvgIpc) is 3.07. The van der Waals surface area contributed by atoms with E-state index in [0.29, 0.717) is 0 Å². The molecule has 0 unspecified atom stereocenters. The molecule has 5 heteroatoms. The second-order valence-electron chi connectivity index (χ2n) is 5.48. The molecule has 1 heterocycles. The second-order valence-corrected chi connectivity index (χ2v) is 5.48. The number of hydrogen-bond acceptors (Lipinski definition) is 3. The van der Waals surface area contributed by atoms with E-state index in [4.69, 9.17) is 4.42 Å². The number of benzene rings is 1. The standard InChI is InChI=1S/C18H26N4O/c1-19-18(20-11-10-17-9-6-14-23-17)21-12-13-22(2)15-16-7-4-3-5-8-16/h3-9,14H,10-13,15H2,1-2H3,(H2,19,20,21). The van der Waals surface area contributed by atoms with Crippen molar-refractivity contribution in [1.82, 2.24) is 15.5 Å². The Balaban J connectivity index is 1.61. The van der Waals surface area contributed by atoms with Gasteiger partial charge in [0.05, 0.1) is 6.26 Å². The van der Waals surface area contributed by atoms with Gasteiger partial charge in [-0.05, 0) is 24.7 Å². The average molecular weight is 314 g/mol. The van der Waals surface area contributed by atoms with Crippen molar-refractivity contribution in [3.8, 4) is 0 Å². The maximum Gasteiger partial charge on any atom is 0.191 e. The third-order valence-corrected chi connectivity index (χ3v) is 3.55. The minimum absolute atomic E-state index is 0.799. The largest absolute Gasteiger partial charge is 0.469 e. The summed E-state index contributed by atoms with van der Waals surface area (Å²) >= 11 is 0. The molecule has 0 aliphatic heterocycles. The molecule has 2 rings (SSSR count). The lowest BCUT2D eigenvalue weighted by atomic mass is 10.2. The SMILES string of the molecule is CN=C(NCCc1ccco1)NCCN(C)Cc1ccccc1. The van der Waals surface area contributed by atoms with Gasteiger partial charge < -0.3 is 20.0 Å². The predicted octanol–water partition coefficient (Wildman–Crippen LogP) is 2.12. The Labute approximate surface area is 138 Å². The smallest absolute Gasteiger partial charge is 0.191 e. The van der Waals surface area contributed by atoms with Gasteiger partial charge in [0.15, 0.2) is 5.96 Å². The highest BCUT2D eigenvalue weighted by molar-refractivity contribution is 5.79. The number of likely N-dealkylation sites (N-methyl/N-ethyl adjacent to an activating group) is 1. The van der Waals surface area contributed by atoms with Gasteiger partial charge in [0, 0.05) is 39.6 Å². The van der Waals surface area contributed by atoms with Crippen LogP contribution in [0.4, 0.5) is 0 Å². The molecule has 124 valence electrons. The molecule has 0 aliphatic carbocycles. The van der Waals surface area contributed by atoms with Gasteiger partial charge >= 0.3 is 0 Å². The highest BCUT2D eigenvalue weighted by atomic mass is 16.3. The van der Waals surface area contributed by atoms with Gasteiger partial charge in [0.1, 0.15) is 5.76 Å². The quantitative estimate of drug-likeness (QED) is 0.579. The predicted molar refractivity (Wildman–Crippen MR) is 94.6 cm³/mol. The Hall–Kier alpha value is -2.27. The zero-order chi connectivity index (χ0) is 16.3. The summed E-state index contributed by atoms with van der Waals surface area (Å²) in [5, 5.41) is 6.62. The van der Waals surface area contributed by atoms with Gasteiger partial charge in [-0.15, -0.1) is 0 Å². The molecule has 0 radical (unpaired) electrons. The molecule has 0 aliphatic rings. The van der Waals surface area contributed by atoms with Crippen LogP contribution in [-0.2, 0) is 13.0 Å². The summed E-state index contributed by atoms with van der Waals surface area (Å²) in [6.07, 6.45) is 2.55. The molecule has 5 nitrogen and oxygen atoms in total. The van der Waals surface area contributed by atoms with Crippen molar-refractivity contribution in [3.05, 3.63) is 60.1 Å². The molecule has 1 aromatic heterocycles. The molecule has 23 heavy (non-hydrogen) atoms. The van der Waals surface area contributed by atoms with Crippen LogP contribution >= 0.6 is 0 Å². The number of aliphatic imine (C=N–C) groups is 1. The highest BCUT2D eigenvalue weighted by Crippen LogP contribution is 2.01. The van der Waals surface area contributed by atoms with E-state index in [1.165, 1.54) is 5.56 Å². The van der Waals surface area contributed by atoms with Crippen LogP contribution in [0, 0.1) is 0 Å². The maximum atomic E-state index is 5.31. The van der Waals surface area contributed by atoms with Crippen LogP contribution in [0.3, 0.4) is 0 Å². The minimum atomic E-state index is 0.799. The summed E-state index contributed by atoms with van der Waals surface area (Å²) < 4.78 is 5.31. The van der Waals surface area contributed by atoms with Gasteiger partial charge in [-0.25, -0.2) is 0 Å². The van der Waals surface area contributed by atoms with E-state index in [1.807, 2.05) is 18.2 Å².